The molecule has 0 aromatic heterocycles. The Kier molecular flexibility index (Phi) is 5.26. The van der Waals surface area contributed by atoms with Gasteiger partial charge in [0.05, 0.1) is 12.1 Å². The molecule has 2 amide bonds. The summed E-state index contributed by atoms with van der Waals surface area (Å²) in [5.41, 5.74) is 2.81. The lowest BCUT2D eigenvalue weighted by Crippen LogP contribution is -2.48. The highest BCUT2D eigenvalue weighted by Crippen LogP contribution is 2.47. The lowest BCUT2D eigenvalue weighted by atomic mass is 9.70. The predicted octanol–water partition coefficient (Wildman–Crippen LogP) is 4.16. The van der Waals surface area contributed by atoms with E-state index in [1.807, 2.05) is 0 Å². The zero-order valence-corrected chi connectivity index (χ0v) is 18.4. The lowest BCUT2D eigenvalue weighted by molar-refractivity contribution is 0.239. The van der Waals surface area contributed by atoms with Crippen molar-refractivity contribution in [2.24, 2.45) is 21.2 Å². The van der Waals surface area contributed by atoms with Gasteiger partial charge in [0, 0.05) is 31.1 Å². The fourth-order valence-electron chi connectivity index (χ4n) is 4.05. The Labute approximate surface area is 159 Å². The molecule has 1 saturated heterocycles. The van der Waals surface area contributed by atoms with Crippen molar-refractivity contribution in [1.29, 1.82) is 0 Å². The summed E-state index contributed by atoms with van der Waals surface area (Å²) in [6, 6.07) is 0.143. The molecule has 0 spiro atoms. The Morgan fingerprint density at radius 3 is 2.04 bits per heavy atom. The largest absolute Gasteiger partial charge is 0.341 e. The van der Waals surface area contributed by atoms with E-state index in [-0.39, 0.29) is 34.4 Å². The maximum Gasteiger partial charge on any atom is 0.314 e. The smallest absolute Gasteiger partial charge is 0.314 e. The second kappa shape index (κ2) is 6.58. The van der Waals surface area contributed by atoms with Crippen LogP contribution < -0.4 is 10.6 Å². The molecule has 2 rings (SSSR count). The third-order valence-corrected chi connectivity index (χ3v) is 5.12. The van der Waals surface area contributed by atoms with Crippen molar-refractivity contribution < 1.29 is 4.79 Å². The second-order valence-electron chi connectivity index (χ2n) is 10.8. The molecule has 148 valence electrons. The quantitative estimate of drug-likeness (QED) is 0.736. The van der Waals surface area contributed by atoms with Gasteiger partial charge in [-0.25, -0.2) is 4.79 Å². The maximum absolute atomic E-state index is 11.9. The first-order chi connectivity index (χ1) is 11.7. The standard InChI is InChI=1S/C21H38N4O/c1-19(2,3)15-14-11-13(23-18(26)22-10)12-25(14)17(21(7,8)9)24-16(15)20(4,5)6/h13,16H,11-12H2,1-10H3,(H2,22,23,26). The van der Waals surface area contributed by atoms with Crippen molar-refractivity contribution in [3.63, 3.8) is 0 Å². The van der Waals surface area contributed by atoms with Gasteiger partial charge in [0.1, 0.15) is 5.84 Å². The minimum atomic E-state index is -0.116. The van der Waals surface area contributed by atoms with Gasteiger partial charge < -0.3 is 15.5 Å². The van der Waals surface area contributed by atoms with Crippen LogP contribution in [0.1, 0.15) is 68.7 Å². The van der Waals surface area contributed by atoms with E-state index < -0.39 is 0 Å². The van der Waals surface area contributed by atoms with Crippen molar-refractivity contribution in [2.75, 3.05) is 13.6 Å². The fraction of sp³-hybridized carbons (Fsp3) is 0.810. The van der Waals surface area contributed by atoms with Gasteiger partial charge in [0.2, 0.25) is 0 Å². The van der Waals surface area contributed by atoms with Crippen LogP contribution in [-0.4, -0.2) is 42.4 Å². The molecule has 2 aliphatic heterocycles. The summed E-state index contributed by atoms with van der Waals surface area (Å²) >= 11 is 0. The highest BCUT2D eigenvalue weighted by Gasteiger charge is 2.46. The number of urea groups is 1. The van der Waals surface area contributed by atoms with E-state index >= 15 is 0 Å². The van der Waals surface area contributed by atoms with E-state index in [9.17, 15) is 4.79 Å². The molecule has 2 N–H and O–H groups in total. The van der Waals surface area contributed by atoms with E-state index in [1.165, 1.54) is 11.3 Å². The van der Waals surface area contributed by atoms with Crippen LogP contribution in [0.2, 0.25) is 0 Å². The minimum Gasteiger partial charge on any atom is -0.341 e. The topological polar surface area (TPSA) is 56.7 Å². The van der Waals surface area contributed by atoms with Crippen LogP contribution >= 0.6 is 0 Å². The molecule has 2 heterocycles. The monoisotopic (exact) mass is 362 g/mol. The van der Waals surface area contributed by atoms with Crippen LogP contribution in [-0.2, 0) is 0 Å². The number of aliphatic imine (C=N–C) groups is 1. The van der Waals surface area contributed by atoms with Gasteiger partial charge in [-0.3, -0.25) is 4.99 Å². The van der Waals surface area contributed by atoms with E-state index in [2.05, 4.69) is 77.8 Å². The fourth-order valence-corrected chi connectivity index (χ4v) is 4.05. The molecule has 0 bridgehead atoms. The average molecular weight is 363 g/mol. The molecule has 0 aromatic rings. The Balaban J connectivity index is 2.58. The zero-order chi connectivity index (χ0) is 20.1. The van der Waals surface area contributed by atoms with Crippen molar-refractivity contribution in [3.05, 3.63) is 11.3 Å². The Morgan fingerprint density at radius 2 is 1.62 bits per heavy atom. The number of amides is 2. The molecular weight excluding hydrogens is 324 g/mol. The summed E-state index contributed by atoms with van der Waals surface area (Å²) in [7, 11) is 1.66. The lowest BCUT2D eigenvalue weighted by Gasteiger charge is -2.45. The Bertz CT molecular complexity index is 626. The zero-order valence-electron chi connectivity index (χ0n) is 18.4. The Hall–Kier alpha value is -1.52. The number of carbonyl (C=O) groups is 1. The first-order valence-electron chi connectivity index (χ1n) is 9.74. The van der Waals surface area contributed by atoms with Crippen LogP contribution in [0.25, 0.3) is 0 Å². The maximum atomic E-state index is 11.9. The molecule has 0 saturated carbocycles. The van der Waals surface area contributed by atoms with Crippen molar-refractivity contribution in [3.8, 4) is 0 Å². The molecule has 0 radical (unpaired) electrons. The van der Waals surface area contributed by atoms with Gasteiger partial charge >= 0.3 is 6.03 Å². The third kappa shape index (κ3) is 4.07. The number of carbonyl (C=O) groups excluding carboxylic acids is 1. The summed E-state index contributed by atoms with van der Waals surface area (Å²) < 4.78 is 0. The Morgan fingerprint density at radius 1 is 1.04 bits per heavy atom. The number of hydrogen-bond donors (Lipinski definition) is 2. The molecule has 1 fully saturated rings. The second-order valence-corrected chi connectivity index (χ2v) is 10.8. The molecule has 2 atom stereocenters. The molecule has 2 aliphatic rings. The summed E-state index contributed by atoms with van der Waals surface area (Å²) in [5, 5.41) is 5.78. The molecular formula is C21H38N4O. The average Bonchev–Trinajstić information content (AvgIpc) is 2.84. The van der Waals surface area contributed by atoms with Gasteiger partial charge in [-0.05, 0) is 16.4 Å². The summed E-state index contributed by atoms with van der Waals surface area (Å²) in [6.45, 7) is 21.1. The molecule has 26 heavy (non-hydrogen) atoms. The van der Waals surface area contributed by atoms with Gasteiger partial charge in [-0.1, -0.05) is 62.3 Å². The summed E-state index contributed by atoms with van der Waals surface area (Å²) in [6.07, 6.45) is 0.863. The SMILES string of the molecule is CNC(=O)NC1CC2=C(C(C)(C)C)C(C(C)(C)C)N=C(C(C)(C)C)N2C1. The number of amidine groups is 1. The van der Waals surface area contributed by atoms with Crippen molar-refractivity contribution in [2.45, 2.75) is 80.8 Å². The summed E-state index contributed by atoms with van der Waals surface area (Å²) in [5.74, 6) is 1.14. The van der Waals surface area contributed by atoms with E-state index in [0.29, 0.717) is 0 Å². The third-order valence-electron chi connectivity index (χ3n) is 5.12. The van der Waals surface area contributed by atoms with Crippen LogP contribution in [0.5, 0.6) is 0 Å². The normalized spacial score (nSPS) is 24.4. The predicted molar refractivity (Wildman–Crippen MR) is 109 cm³/mol. The van der Waals surface area contributed by atoms with E-state index in [0.717, 1.165) is 18.8 Å². The number of nitrogens with one attached hydrogen (secondary N) is 2. The summed E-state index contributed by atoms with van der Waals surface area (Å²) in [4.78, 5) is 19.6. The van der Waals surface area contributed by atoms with Gasteiger partial charge in [0.15, 0.2) is 0 Å². The van der Waals surface area contributed by atoms with Crippen LogP contribution in [0, 0.1) is 16.2 Å². The van der Waals surface area contributed by atoms with Gasteiger partial charge in [-0.2, -0.15) is 0 Å². The van der Waals surface area contributed by atoms with Gasteiger partial charge in [0.25, 0.3) is 0 Å². The molecule has 5 nitrogen and oxygen atoms in total. The molecule has 2 unspecified atom stereocenters. The number of hydrogen-bond acceptors (Lipinski definition) is 3. The van der Waals surface area contributed by atoms with E-state index in [1.54, 1.807) is 7.05 Å². The molecule has 0 aliphatic carbocycles. The number of fused-ring (bicyclic) bond motifs is 1. The first-order valence-corrected chi connectivity index (χ1v) is 9.74. The van der Waals surface area contributed by atoms with E-state index in [4.69, 9.17) is 4.99 Å². The first kappa shape index (κ1) is 20.8. The highest BCUT2D eigenvalue weighted by molar-refractivity contribution is 5.91. The number of nitrogens with zero attached hydrogens (tertiary/aromatic N) is 2. The van der Waals surface area contributed by atoms with Crippen molar-refractivity contribution >= 4 is 11.9 Å². The molecule has 5 heteroatoms. The minimum absolute atomic E-state index is 0.0281. The van der Waals surface area contributed by atoms with Crippen LogP contribution in [0.15, 0.2) is 16.3 Å². The van der Waals surface area contributed by atoms with Crippen LogP contribution in [0.3, 0.4) is 0 Å². The molecule has 0 aromatic carbocycles. The van der Waals surface area contributed by atoms with Crippen molar-refractivity contribution in [1.82, 2.24) is 15.5 Å². The van der Waals surface area contributed by atoms with Crippen LogP contribution in [0.4, 0.5) is 4.79 Å². The number of rotatable bonds is 1. The van der Waals surface area contributed by atoms with Gasteiger partial charge in [-0.15, -0.1) is 0 Å². The highest BCUT2D eigenvalue weighted by atomic mass is 16.2.